The van der Waals surface area contributed by atoms with Crippen molar-refractivity contribution < 1.29 is 32.5 Å². The number of amides is 1. The van der Waals surface area contributed by atoms with E-state index in [4.69, 9.17) is 25.7 Å². The molecule has 2 atom stereocenters. The number of hydrogen-bond donors (Lipinski definition) is 4. The number of carbonyl (C=O) groups is 1. The smallest absolute Gasteiger partial charge is 0.407 e. The number of nitrogens with two attached hydrogens (primary N) is 2. The van der Waals surface area contributed by atoms with Gasteiger partial charge in [0, 0.05) is 18.8 Å². The molecule has 2 aromatic carbocycles. The minimum Gasteiger partial charge on any atom is -0.441 e. The SMILES string of the molecule is CC(C)(CCCCN)CN(C[C@@H](O)[C@@H](Cc1ccccc1)NC(=O)OC1COCOC1)S(=O)(=O)c1ccc(N)cc1. The summed E-state index contributed by atoms with van der Waals surface area (Å²) < 4.78 is 44.8. The minimum absolute atomic E-state index is 0.0703. The van der Waals surface area contributed by atoms with E-state index in [0.29, 0.717) is 12.2 Å². The van der Waals surface area contributed by atoms with Crippen molar-refractivity contribution in [1.82, 2.24) is 9.62 Å². The Bertz CT molecular complexity index is 1170. The molecular weight excluding hydrogens is 548 g/mol. The molecule has 0 saturated carbocycles. The molecule has 41 heavy (non-hydrogen) atoms. The summed E-state index contributed by atoms with van der Waals surface area (Å²) in [5.74, 6) is 0. The van der Waals surface area contributed by atoms with E-state index >= 15 is 0 Å². The number of carbonyl (C=O) groups excluding carboxylic acids is 1. The number of anilines is 1. The molecule has 0 unspecified atom stereocenters. The molecule has 0 aromatic heterocycles. The molecule has 228 valence electrons. The van der Waals surface area contributed by atoms with Crippen molar-refractivity contribution in [1.29, 1.82) is 0 Å². The Kier molecular flexibility index (Phi) is 12.4. The predicted octanol–water partition coefficient (Wildman–Crippen LogP) is 2.49. The van der Waals surface area contributed by atoms with E-state index in [0.717, 1.165) is 24.8 Å². The highest BCUT2D eigenvalue weighted by Gasteiger charge is 2.35. The van der Waals surface area contributed by atoms with Crippen LogP contribution in [0.25, 0.3) is 0 Å². The number of sulfonamides is 1. The summed E-state index contributed by atoms with van der Waals surface area (Å²) in [5.41, 5.74) is 12.4. The zero-order valence-corrected chi connectivity index (χ0v) is 24.7. The van der Waals surface area contributed by atoms with Gasteiger partial charge in [0.25, 0.3) is 0 Å². The zero-order valence-electron chi connectivity index (χ0n) is 23.9. The molecule has 1 fully saturated rings. The molecule has 0 spiro atoms. The summed E-state index contributed by atoms with van der Waals surface area (Å²) in [5, 5.41) is 14.2. The number of nitrogens with one attached hydrogen (secondary N) is 1. The summed E-state index contributed by atoms with van der Waals surface area (Å²) in [6.45, 7) is 4.99. The number of nitrogens with zero attached hydrogens (tertiary/aromatic N) is 1. The molecule has 1 aliphatic rings. The van der Waals surface area contributed by atoms with Gasteiger partial charge >= 0.3 is 6.09 Å². The monoisotopic (exact) mass is 592 g/mol. The van der Waals surface area contributed by atoms with Crippen molar-refractivity contribution in [3.63, 3.8) is 0 Å². The second-order valence-corrected chi connectivity index (χ2v) is 13.1. The van der Waals surface area contributed by atoms with Crippen LogP contribution in [0.15, 0.2) is 59.5 Å². The Morgan fingerprint density at radius 1 is 1.12 bits per heavy atom. The lowest BCUT2D eigenvalue weighted by Gasteiger charge is -2.35. The lowest BCUT2D eigenvalue weighted by molar-refractivity contribution is -0.151. The fraction of sp³-hybridized carbons (Fsp3) is 0.552. The van der Waals surface area contributed by atoms with E-state index in [1.165, 1.54) is 28.6 Å². The third-order valence-electron chi connectivity index (χ3n) is 6.93. The number of hydrogen-bond acceptors (Lipinski definition) is 9. The third-order valence-corrected chi connectivity index (χ3v) is 8.76. The summed E-state index contributed by atoms with van der Waals surface area (Å²) in [4.78, 5) is 12.9. The largest absolute Gasteiger partial charge is 0.441 e. The Labute approximate surface area is 243 Å². The molecule has 0 aliphatic carbocycles. The van der Waals surface area contributed by atoms with E-state index in [1.807, 2.05) is 44.2 Å². The van der Waals surface area contributed by atoms with Crippen molar-refractivity contribution in [3.05, 3.63) is 60.2 Å². The van der Waals surface area contributed by atoms with E-state index in [2.05, 4.69) is 5.32 Å². The van der Waals surface area contributed by atoms with Gasteiger partial charge in [0.1, 0.15) is 6.79 Å². The number of unbranched alkanes of at least 4 members (excludes halogenated alkanes) is 1. The maximum atomic E-state index is 13.9. The van der Waals surface area contributed by atoms with Crippen LogP contribution in [0.3, 0.4) is 0 Å². The van der Waals surface area contributed by atoms with Crippen LogP contribution in [-0.4, -0.2) is 81.8 Å². The van der Waals surface area contributed by atoms with Crippen LogP contribution in [0.5, 0.6) is 0 Å². The van der Waals surface area contributed by atoms with Gasteiger partial charge in [0.05, 0.1) is 30.3 Å². The number of ether oxygens (including phenoxy) is 3. The van der Waals surface area contributed by atoms with Gasteiger partial charge in [0.2, 0.25) is 10.0 Å². The van der Waals surface area contributed by atoms with Crippen LogP contribution >= 0.6 is 0 Å². The molecule has 1 heterocycles. The van der Waals surface area contributed by atoms with Gasteiger partial charge in [-0.05, 0) is 61.1 Å². The summed E-state index contributed by atoms with van der Waals surface area (Å²) in [7, 11) is -4.02. The molecular formula is C29H44N4O7S. The number of aliphatic hydroxyl groups is 1. The quantitative estimate of drug-likeness (QED) is 0.179. The first kappa shape index (κ1) is 32.8. The van der Waals surface area contributed by atoms with Gasteiger partial charge < -0.3 is 36.1 Å². The van der Waals surface area contributed by atoms with Gasteiger partial charge in [0.15, 0.2) is 6.10 Å². The lowest BCUT2D eigenvalue weighted by Crippen LogP contribution is -2.52. The molecule has 11 nitrogen and oxygen atoms in total. The zero-order chi connectivity index (χ0) is 29.9. The van der Waals surface area contributed by atoms with Crippen molar-refractivity contribution in [2.75, 3.05) is 45.4 Å². The number of rotatable bonds is 15. The van der Waals surface area contributed by atoms with E-state index in [1.54, 1.807) is 0 Å². The van der Waals surface area contributed by atoms with Crippen LogP contribution < -0.4 is 16.8 Å². The normalized spacial score (nSPS) is 16.3. The average Bonchev–Trinajstić information content (AvgIpc) is 2.93. The molecule has 0 bridgehead atoms. The second-order valence-electron chi connectivity index (χ2n) is 11.2. The molecule has 2 aromatic rings. The van der Waals surface area contributed by atoms with Gasteiger partial charge in [-0.25, -0.2) is 13.2 Å². The summed E-state index contributed by atoms with van der Waals surface area (Å²) in [6.07, 6.45) is 0.0840. The van der Waals surface area contributed by atoms with Crippen LogP contribution in [-0.2, 0) is 30.7 Å². The predicted molar refractivity (Wildman–Crippen MR) is 156 cm³/mol. The standard InChI is InChI=1S/C29H44N4O7S/c1-29(2,14-6-7-15-30)20-33(41(36,37)25-12-10-23(31)11-13-25)17-27(34)26(16-22-8-4-3-5-9-22)32-28(35)40-24-18-38-21-39-19-24/h3-5,8-13,24,26-27,34H,6-7,14-21,30-31H2,1-2H3,(H,32,35)/t26-,27-/m1/s1. The van der Waals surface area contributed by atoms with Crippen LogP contribution in [0.4, 0.5) is 10.5 Å². The summed E-state index contributed by atoms with van der Waals surface area (Å²) in [6, 6.07) is 14.5. The van der Waals surface area contributed by atoms with Crippen molar-refractivity contribution >= 4 is 21.8 Å². The van der Waals surface area contributed by atoms with Crippen LogP contribution in [0, 0.1) is 5.41 Å². The van der Waals surface area contributed by atoms with Gasteiger partial charge in [-0.2, -0.15) is 4.31 Å². The number of alkyl carbamates (subject to hydrolysis) is 1. The van der Waals surface area contributed by atoms with Crippen LogP contribution in [0.2, 0.25) is 0 Å². The van der Waals surface area contributed by atoms with E-state index < -0.39 is 39.8 Å². The van der Waals surface area contributed by atoms with E-state index in [9.17, 15) is 18.3 Å². The second kappa shape index (κ2) is 15.5. The third kappa shape index (κ3) is 10.6. The van der Waals surface area contributed by atoms with Gasteiger partial charge in [-0.15, -0.1) is 0 Å². The number of nitrogen functional groups attached to an aromatic ring is 1. The minimum atomic E-state index is -4.02. The average molecular weight is 593 g/mol. The Morgan fingerprint density at radius 2 is 1.78 bits per heavy atom. The first-order valence-corrected chi connectivity index (χ1v) is 15.3. The maximum Gasteiger partial charge on any atom is 0.407 e. The first-order chi connectivity index (χ1) is 19.5. The van der Waals surface area contributed by atoms with E-state index in [-0.39, 0.29) is 44.4 Å². The maximum absolute atomic E-state index is 13.9. The molecule has 12 heteroatoms. The Hall–Kier alpha value is -2.74. The molecule has 1 amide bonds. The van der Waals surface area contributed by atoms with Crippen LogP contribution in [0.1, 0.15) is 38.7 Å². The number of benzene rings is 2. The van der Waals surface area contributed by atoms with Crippen molar-refractivity contribution in [2.24, 2.45) is 11.1 Å². The molecule has 6 N–H and O–H groups in total. The summed E-state index contributed by atoms with van der Waals surface area (Å²) >= 11 is 0. The highest BCUT2D eigenvalue weighted by molar-refractivity contribution is 7.89. The Morgan fingerprint density at radius 3 is 2.41 bits per heavy atom. The fourth-order valence-corrected chi connectivity index (χ4v) is 6.35. The molecule has 1 aliphatic heterocycles. The first-order valence-electron chi connectivity index (χ1n) is 13.9. The highest BCUT2D eigenvalue weighted by atomic mass is 32.2. The lowest BCUT2D eigenvalue weighted by atomic mass is 9.87. The number of aliphatic hydroxyl groups excluding tert-OH is 1. The molecule has 0 radical (unpaired) electrons. The molecule has 3 rings (SSSR count). The van der Waals surface area contributed by atoms with Crippen molar-refractivity contribution in [2.45, 2.75) is 62.7 Å². The van der Waals surface area contributed by atoms with Crippen molar-refractivity contribution in [3.8, 4) is 0 Å². The fourth-order valence-electron chi connectivity index (χ4n) is 4.70. The van der Waals surface area contributed by atoms with Gasteiger partial charge in [-0.3, -0.25) is 0 Å². The molecule has 1 saturated heterocycles. The topological polar surface area (TPSA) is 166 Å². The van der Waals surface area contributed by atoms with Gasteiger partial charge in [-0.1, -0.05) is 50.6 Å². The highest BCUT2D eigenvalue weighted by Crippen LogP contribution is 2.28. The Balaban J connectivity index is 1.85.